The van der Waals surface area contributed by atoms with Gasteiger partial charge in [0.2, 0.25) is 12.3 Å². The SMILES string of the molecule is COCCCc1c(F)ccc2cc(OC(=O)N3CCCC3=O)cc(-c3ncc4c(N5CC(F)CC(C)(NC=O)C5)nc(OCC56CCCN5CCC6)nc4c3F)c12. The molecule has 4 aliphatic rings. The van der Waals surface area contributed by atoms with Gasteiger partial charge in [-0.3, -0.25) is 19.5 Å². The van der Waals surface area contributed by atoms with Gasteiger partial charge < -0.3 is 24.4 Å². The summed E-state index contributed by atoms with van der Waals surface area (Å²) in [6.45, 7) is 4.61. The molecule has 8 rings (SSSR count). The number of methoxy groups -OCH3 is 1. The summed E-state index contributed by atoms with van der Waals surface area (Å²) >= 11 is 0. The maximum atomic E-state index is 17.5. The number of carbonyl (C=O) groups is 3. The summed E-state index contributed by atoms with van der Waals surface area (Å²) in [6, 6.07) is 5.68. The minimum absolute atomic E-state index is 0.00607. The minimum atomic E-state index is -1.34. The van der Waals surface area contributed by atoms with Gasteiger partial charge in [0.25, 0.3) is 0 Å². The van der Waals surface area contributed by atoms with Gasteiger partial charge >= 0.3 is 12.1 Å². The molecule has 0 spiro atoms. The average Bonchev–Trinajstić information content (AvgIpc) is 3.90. The number of fused-ring (bicyclic) bond motifs is 3. The number of alkyl halides is 1. The highest BCUT2D eigenvalue weighted by Gasteiger charge is 2.45. The molecule has 302 valence electrons. The van der Waals surface area contributed by atoms with Gasteiger partial charge in [-0.05, 0) is 99.5 Å². The lowest BCUT2D eigenvalue weighted by Crippen LogP contribution is -2.58. The number of likely N-dealkylation sites (tertiary alicyclic amines) is 1. The number of benzene rings is 2. The molecule has 2 unspecified atom stereocenters. The lowest BCUT2D eigenvalue weighted by Gasteiger charge is -2.42. The Balaban J connectivity index is 1.28. The van der Waals surface area contributed by atoms with Gasteiger partial charge in [-0.1, -0.05) is 6.07 Å². The fraction of sp³-hybridized carbons (Fsp3) is 0.512. The number of nitrogens with one attached hydrogen (secondary N) is 1. The molecular formula is C41H46F3N7O6. The molecule has 13 nitrogen and oxygen atoms in total. The number of rotatable bonds is 12. The highest BCUT2D eigenvalue weighted by molar-refractivity contribution is 6.02. The van der Waals surface area contributed by atoms with Crippen molar-refractivity contribution in [1.29, 1.82) is 0 Å². The Labute approximate surface area is 327 Å². The van der Waals surface area contributed by atoms with Gasteiger partial charge in [-0.2, -0.15) is 9.97 Å². The number of carbonyl (C=O) groups excluding carboxylic acids is 3. The smallest absolute Gasteiger partial charge is 0.421 e. The van der Waals surface area contributed by atoms with Crippen LogP contribution in [-0.2, 0) is 20.7 Å². The van der Waals surface area contributed by atoms with Crippen molar-refractivity contribution in [2.75, 3.05) is 57.9 Å². The van der Waals surface area contributed by atoms with Crippen molar-refractivity contribution in [3.05, 3.63) is 47.7 Å². The average molecular weight is 790 g/mol. The number of hydrogen-bond donors (Lipinski definition) is 1. The minimum Gasteiger partial charge on any atom is -0.461 e. The molecule has 0 aliphatic carbocycles. The number of amides is 3. The zero-order valence-corrected chi connectivity index (χ0v) is 32.1. The molecule has 2 atom stereocenters. The van der Waals surface area contributed by atoms with Crippen molar-refractivity contribution in [3.63, 3.8) is 0 Å². The molecule has 4 aliphatic heterocycles. The molecule has 2 aromatic carbocycles. The van der Waals surface area contributed by atoms with E-state index in [4.69, 9.17) is 19.2 Å². The highest BCUT2D eigenvalue weighted by atomic mass is 19.1. The molecule has 1 N–H and O–H groups in total. The Morgan fingerprint density at radius 2 is 1.91 bits per heavy atom. The lowest BCUT2D eigenvalue weighted by atomic mass is 9.90. The van der Waals surface area contributed by atoms with E-state index in [0.717, 1.165) is 43.7 Å². The molecule has 57 heavy (non-hydrogen) atoms. The summed E-state index contributed by atoms with van der Waals surface area (Å²) < 4.78 is 65.9. The number of piperidine rings is 1. The topological polar surface area (TPSA) is 139 Å². The van der Waals surface area contributed by atoms with Crippen LogP contribution in [0.3, 0.4) is 0 Å². The third-order valence-corrected chi connectivity index (χ3v) is 11.9. The number of aryl methyl sites for hydroxylation is 1. The van der Waals surface area contributed by atoms with Crippen LogP contribution in [0.2, 0.25) is 0 Å². The number of aromatic nitrogens is 3. The summed E-state index contributed by atoms with van der Waals surface area (Å²) in [6.07, 6.45) is 5.21. The second kappa shape index (κ2) is 15.7. The van der Waals surface area contributed by atoms with Crippen LogP contribution in [0.1, 0.15) is 63.9 Å². The third-order valence-electron chi connectivity index (χ3n) is 11.9. The molecule has 6 heterocycles. The van der Waals surface area contributed by atoms with Gasteiger partial charge in [0.15, 0.2) is 5.82 Å². The number of hydrogen-bond acceptors (Lipinski definition) is 11. The standard InChI is InChI=1S/C41H46F3N7O6/c1-40(46-24-52)19-26(42)21-49(22-40)37-30-20-45-35(34(44)36(30)47-38(48-37)56-23-41-11-5-13-50(41)14-6-12-41)29-18-27(57-39(54)51-15-3-8-32(51)53)17-25-9-10-31(43)28(33(25)29)7-4-16-55-2/h9-10,17-18,20,24,26H,3-8,11-16,19,21-23H2,1-2H3,(H,46,52). The van der Waals surface area contributed by atoms with Crippen molar-refractivity contribution < 1.29 is 41.8 Å². The van der Waals surface area contributed by atoms with E-state index in [1.165, 1.54) is 24.4 Å². The van der Waals surface area contributed by atoms with Crippen LogP contribution in [-0.4, -0.2) is 113 Å². The Bertz CT molecular complexity index is 2220. The Kier molecular flexibility index (Phi) is 10.7. The zero-order chi connectivity index (χ0) is 39.9. The number of imide groups is 1. The van der Waals surface area contributed by atoms with Crippen molar-refractivity contribution in [3.8, 4) is 23.0 Å². The number of halogens is 3. The molecule has 0 radical (unpaired) electrons. The van der Waals surface area contributed by atoms with E-state index in [0.29, 0.717) is 42.2 Å². The predicted octanol–water partition coefficient (Wildman–Crippen LogP) is 5.88. The third kappa shape index (κ3) is 7.44. The van der Waals surface area contributed by atoms with Gasteiger partial charge in [-0.15, -0.1) is 0 Å². The summed E-state index contributed by atoms with van der Waals surface area (Å²) in [7, 11) is 1.55. The van der Waals surface area contributed by atoms with E-state index < -0.39 is 29.4 Å². The van der Waals surface area contributed by atoms with Crippen molar-refractivity contribution >= 4 is 45.9 Å². The number of pyridine rings is 1. The van der Waals surface area contributed by atoms with Gasteiger partial charge in [0, 0.05) is 51.4 Å². The molecule has 2 aromatic heterocycles. The van der Waals surface area contributed by atoms with Crippen LogP contribution in [0.25, 0.3) is 32.9 Å². The Morgan fingerprint density at radius 1 is 1.11 bits per heavy atom. The first-order chi connectivity index (χ1) is 27.5. The first-order valence-electron chi connectivity index (χ1n) is 19.6. The van der Waals surface area contributed by atoms with Crippen LogP contribution < -0.4 is 19.7 Å². The monoisotopic (exact) mass is 789 g/mol. The fourth-order valence-corrected chi connectivity index (χ4v) is 9.29. The van der Waals surface area contributed by atoms with Gasteiger partial charge in [-0.25, -0.2) is 22.9 Å². The van der Waals surface area contributed by atoms with Crippen LogP contribution >= 0.6 is 0 Å². The molecular weight excluding hydrogens is 743 g/mol. The summed E-state index contributed by atoms with van der Waals surface area (Å²) in [5, 5.41) is 3.72. The first-order valence-corrected chi connectivity index (χ1v) is 19.6. The van der Waals surface area contributed by atoms with Crippen LogP contribution in [0, 0.1) is 11.6 Å². The van der Waals surface area contributed by atoms with Crippen molar-refractivity contribution in [2.45, 2.75) is 82.0 Å². The summed E-state index contributed by atoms with van der Waals surface area (Å²) in [4.78, 5) is 56.1. The summed E-state index contributed by atoms with van der Waals surface area (Å²) in [5.41, 5.74) is -1.07. The molecule has 3 amide bonds. The highest BCUT2D eigenvalue weighted by Crippen LogP contribution is 2.42. The van der Waals surface area contributed by atoms with Crippen molar-refractivity contribution in [2.24, 2.45) is 0 Å². The van der Waals surface area contributed by atoms with Crippen LogP contribution in [0.5, 0.6) is 11.8 Å². The molecule has 4 saturated heterocycles. The van der Waals surface area contributed by atoms with Gasteiger partial charge in [0.05, 0.1) is 23.0 Å². The van der Waals surface area contributed by atoms with E-state index in [9.17, 15) is 14.4 Å². The second-order valence-corrected chi connectivity index (χ2v) is 15.9. The number of anilines is 1. The normalized spacial score (nSPS) is 22.1. The second-order valence-electron chi connectivity index (χ2n) is 15.9. The largest absolute Gasteiger partial charge is 0.461 e. The van der Waals surface area contributed by atoms with E-state index in [2.05, 4.69) is 20.2 Å². The van der Waals surface area contributed by atoms with E-state index >= 15 is 13.2 Å². The lowest BCUT2D eigenvalue weighted by molar-refractivity contribution is -0.125. The maximum absolute atomic E-state index is 17.5. The fourth-order valence-electron chi connectivity index (χ4n) is 9.29. The van der Waals surface area contributed by atoms with Crippen LogP contribution in [0.4, 0.5) is 23.8 Å². The molecule has 4 fully saturated rings. The predicted molar refractivity (Wildman–Crippen MR) is 205 cm³/mol. The van der Waals surface area contributed by atoms with E-state index in [-0.39, 0.29) is 96.7 Å². The maximum Gasteiger partial charge on any atom is 0.421 e. The molecule has 0 saturated carbocycles. The van der Waals surface area contributed by atoms with Crippen molar-refractivity contribution in [1.82, 2.24) is 30.1 Å². The number of ether oxygens (including phenoxy) is 3. The molecule has 0 bridgehead atoms. The van der Waals surface area contributed by atoms with Gasteiger partial charge in [0.1, 0.15) is 41.4 Å². The first kappa shape index (κ1) is 38.8. The van der Waals surface area contributed by atoms with Crippen LogP contribution in [0.15, 0.2) is 30.5 Å². The van der Waals surface area contributed by atoms with E-state index in [1.807, 2.05) is 0 Å². The molecule has 4 aromatic rings. The Morgan fingerprint density at radius 3 is 2.65 bits per heavy atom. The Hall–Kier alpha value is -5.09. The summed E-state index contributed by atoms with van der Waals surface area (Å²) in [5.74, 6) is -1.56. The quantitative estimate of drug-likeness (QED) is 0.136. The number of nitrogens with zero attached hydrogens (tertiary/aromatic N) is 6. The van der Waals surface area contributed by atoms with E-state index in [1.54, 1.807) is 25.0 Å². The zero-order valence-electron chi connectivity index (χ0n) is 32.1. The molecule has 16 heteroatoms.